The van der Waals surface area contributed by atoms with E-state index < -0.39 is 8.07 Å². The van der Waals surface area contributed by atoms with Crippen molar-refractivity contribution < 1.29 is 4.79 Å². The van der Waals surface area contributed by atoms with Gasteiger partial charge in [0, 0.05) is 49.7 Å². The number of hydrogen-bond donors (Lipinski definition) is 1. The van der Waals surface area contributed by atoms with Crippen LogP contribution in [0.15, 0.2) is 89.2 Å². The van der Waals surface area contributed by atoms with E-state index in [4.69, 9.17) is 5.53 Å². The molecule has 0 saturated carbocycles. The Kier molecular flexibility index (Phi) is 8.85. The Hall–Kier alpha value is -3.24. The first-order chi connectivity index (χ1) is 17.2. The second-order valence-corrected chi connectivity index (χ2v) is 11.6. The lowest BCUT2D eigenvalue weighted by Crippen LogP contribution is -2.19. The number of anilines is 1. The maximum absolute atomic E-state index is 10.9. The number of thioether (sulfide) groups is 1. The van der Waals surface area contributed by atoms with Crippen molar-refractivity contribution in [2.75, 3.05) is 18.5 Å². The molecule has 1 aliphatic heterocycles. The van der Waals surface area contributed by atoms with Gasteiger partial charge in [0.25, 0.3) is 0 Å². The number of carbonyl (C=O) groups excluding carboxylic acids is 1. The Bertz CT molecular complexity index is 1190. The van der Waals surface area contributed by atoms with Crippen molar-refractivity contribution in [3.05, 3.63) is 117 Å². The van der Waals surface area contributed by atoms with Crippen LogP contribution in [0.1, 0.15) is 33.5 Å². The van der Waals surface area contributed by atoms with Crippen LogP contribution in [-0.4, -0.2) is 25.0 Å². The summed E-state index contributed by atoms with van der Waals surface area (Å²) < 4.78 is 0. The summed E-state index contributed by atoms with van der Waals surface area (Å²) in [6, 6.07) is 26.6. The predicted octanol–water partition coefficient (Wildman–Crippen LogP) is 7.39. The summed E-state index contributed by atoms with van der Waals surface area (Å²) in [5.41, 5.74) is 15.6. The van der Waals surface area contributed by atoms with Crippen LogP contribution in [0.4, 0.5) is 5.69 Å². The molecule has 0 fully saturated rings. The Balaban J connectivity index is 1.32. The van der Waals surface area contributed by atoms with E-state index in [9.17, 15) is 4.79 Å². The van der Waals surface area contributed by atoms with Crippen LogP contribution >= 0.6 is 19.8 Å². The van der Waals surface area contributed by atoms with E-state index in [1.54, 1.807) is 23.9 Å². The minimum atomic E-state index is -1.00. The van der Waals surface area contributed by atoms with Gasteiger partial charge >= 0.3 is 0 Å². The second-order valence-electron chi connectivity index (χ2n) is 8.36. The smallest absolute Gasteiger partial charge is 0.150 e. The van der Waals surface area contributed by atoms with Gasteiger partial charge < -0.3 is 10.2 Å². The lowest BCUT2D eigenvalue weighted by atomic mass is 10.1. The van der Waals surface area contributed by atoms with E-state index in [1.807, 2.05) is 12.1 Å². The first-order valence-corrected chi connectivity index (χ1v) is 14.0. The first kappa shape index (κ1) is 24.9. The molecule has 0 radical (unpaired) electrons. The maximum atomic E-state index is 10.9. The van der Waals surface area contributed by atoms with Crippen LogP contribution in [0.25, 0.3) is 16.1 Å². The third kappa shape index (κ3) is 6.89. The summed E-state index contributed by atoms with van der Waals surface area (Å²) in [7, 11) is 1.13. The molecular weight excluding hydrogens is 473 g/mol. The Labute approximate surface area is 211 Å². The highest BCUT2D eigenvalue weighted by molar-refractivity contribution is 8.08. The number of carbonyl (C=O) groups is 1. The van der Waals surface area contributed by atoms with Gasteiger partial charge in [-0.3, -0.25) is 4.79 Å². The molecule has 3 aromatic carbocycles. The van der Waals surface area contributed by atoms with E-state index in [2.05, 4.69) is 87.1 Å². The summed E-state index contributed by atoms with van der Waals surface area (Å²) in [5.74, 6) is 0. The highest BCUT2D eigenvalue weighted by atomic mass is 32.2. The predicted molar refractivity (Wildman–Crippen MR) is 149 cm³/mol. The van der Waals surface area contributed by atoms with Crippen LogP contribution < -0.4 is 10.2 Å². The molecule has 0 amide bonds. The van der Waals surface area contributed by atoms with Crippen molar-refractivity contribution in [2.45, 2.75) is 24.1 Å². The van der Waals surface area contributed by atoms with Gasteiger partial charge in [-0.1, -0.05) is 71.6 Å². The molecule has 0 spiro atoms. The normalized spacial score (nSPS) is 15.5. The van der Waals surface area contributed by atoms with Crippen LogP contribution in [0, 0.1) is 0 Å². The minimum absolute atomic E-state index is 0.0157. The fraction of sp³-hybridized carbons (Fsp3) is 0.222. The van der Waals surface area contributed by atoms with E-state index in [-0.39, 0.29) is 5.11 Å². The zero-order valence-corrected chi connectivity index (χ0v) is 21.3. The molecule has 6 nitrogen and oxygen atoms in total. The van der Waals surface area contributed by atoms with E-state index >= 15 is 0 Å². The summed E-state index contributed by atoms with van der Waals surface area (Å²) in [6.45, 7) is 0.997. The third-order valence-electron chi connectivity index (χ3n) is 5.90. The van der Waals surface area contributed by atoms with Crippen molar-refractivity contribution in [2.24, 2.45) is 4.88 Å². The molecule has 1 aliphatic rings. The zero-order chi connectivity index (χ0) is 24.5. The lowest BCUT2D eigenvalue weighted by molar-refractivity contribution is 0.112. The van der Waals surface area contributed by atoms with Gasteiger partial charge in [0.1, 0.15) is 11.4 Å². The Morgan fingerprint density at radius 1 is 1.06 bits per heavy atom. The fourth-order valence-electron chi connectivity index (χ4n) is 3.92. The van der Waals surface area contributed by atoms with Gasteiger partial charge in [-0.15, -0.1) is 11.8 Å². The largest absolute Gasteiger partial charge is 0.375 e. The van der Waals surface area contributed by atoms with Crippen molar-refractivity contribution in [3.63, 3.8) is 0 Å². The summed E-state index contributed by atoms with van der Waals surface area (Å²) in [4.78, 5) is 20.4. The van der Waals surface area contributed by atoms with Crippen molar-refractivity contribution >= 4 is 37.5 Å². The van der Waals surface area contributed by atoms with Gasteiger partial charge in [-0.2, -0.15) is 0 Å². The number of nitrogens with zero attached hydrogens (tertiary/aromatic N) is 4. The topological polar surface area (TPSA) is 81.1 Å². The molecule has 1 N–H and O–H groups in total. The molecule has 1 heterocycles. The number of azide groups is 1. The minimum Gasteiger partial charge on any atom is -0.375 e. The maximum Gasteiger partial charge on any atom is 0.150 e. The van der Waals surface area contributed by atoms with Crippen LogP contribution in [-0.2, 0) is 12.6 Å². The lowest BCUT2D eigenvalue weighted by Gasteiger charge is -2.21. The van der Waals surface area contributed by atoms with Crippen LogP contribution in [0.5, 0.6) is 0 Å². The fourth-order valence-corrected chi connectivity index (χ4v) is 6.98. The molecule has 4 rings (SSSR count). The molecule has 178 valence electrons. The quantitative estimate of drug-likeness (QED) is 0.0976. The molecule has 35 heavy (non-hydrogen) atoms. The number of aryl methyl sites for hydroxylation is 1. The van der Waals surface area contributed by atoms with Gasteiger partial charge in [-0.05, 0) is 52.6 Å². The van der Waals surface area contributed by atoms with Gasteiger partial charge in [0.05, 0.1) is 0 Å². The number of aldehydes is 1. The highest BCUT2D eigenvalue weighted by Gasteiger charge is 2.26. The molecule has 2 atom stereocenters. The zero-order valence-electron chi connectivity index (χ0n) is 19.6. The molecule has 2 unspecified atom stereocenters. The molecule has 0 aliphatic carbocycles. The molecule has 0 bridgehead atoms. The Morgan fingerprint density at radius 2 is 1.80 bits per heavy atom. The SMILES string of the molecule is CN(CCCc1ccccc1)c1ccc(C2=CSC(P(Cc3ccc(C=O)cc3)N=[N+]=[N-])N2)cc1. The van der Waals surface area contributed by atoms with Gasteiger partial charge in [0.2, 0.25) is 0 Å². The summed E-state index contributed by atoms with van der Waals surface area (Å²) in [6.07, 6.45) is 3.68. The average molecular weight is 502 g/mol. The summed E-state index contributed by atoms with van der Waals surface area (Å²) in [5, 5.41) is 5.68. The molecule has 0 aromatic heterocycles. The number of hydrogen-bond acceptors (Lipinski definition) is 5. The highest BCUT2D eigenvalue weighted by Crippen LogP contribution is 2.53. The van der Waals surface area contributed by atoms with Crippen LogP contribution in [0.2, 0.25) is 0 Å². The van der Waals surface area contributed by atoms with Crippen molar-refractivity contribution in [3.8, 4) is 0 Å². The average Bonchev–Trinajstić information content (AvgIpc) is 3.40. The van der Waals surface area contributed by atoms with E-state index in [0.717, 1.165) is 42.5 Å². The monoisotopic (exact) mass is 501 g/mol. The first-order valence-electron chi connectivity index (χ1n) is 11.5. The number of nitrogens with one attached hydrogen (secondary N) is 1. The third-order valence-corrected chi connectivity index (χ3v) is 9.41. The summed E-state index contributed by atoms with van der Waals surface area (Å²) >= 11 is 1.66. The van der Waals surface area contributed by atoms with E-state index in [1.165, 1.54) is 11.3 Å². The standard InChI is InChI=1S/C27H28N5OPS/c1-32(17-5-8-21-6-3-2-4-7-21)25-15-13-24(14-16-25)26-20-35-27(29-26)34(31-30-28)19-23-11-9-22(18-33)10-12-23/h2-4,6-7,9-16,18,20,27,29H,5,8,17,19H2,1H3. The molecule has 8 heteroatoms. The van der Waals surface area contributed by atoms with E-state index in [0.29, 0.717) is 11.7 Å². The number of benzene rings is 3. The molecule has 3 aromatic rings. The van der Waals surface area contributed by atoms with Gasteiger partial charge in [0.15, 0.2) is 0 Å². The van der Waals surface area contributed by atoms with Crippen molar-refractivity contribution in [1.82, 2.24) is 5.32 Å². The number of rotatable bonds is 11. The van der Waals surface area contributed by atoms with Crippen LogP contribution in [0.3, 0.4) is 0 Å². The molecular formula is C27H28N5OPS. The van der Waals surface area contributed by atoms with Crippen molar-refractivity contribution in [1.29, 1.82) is 0 Å². The molecule has 0 saturated heterocycles. The van der Waals surface area contributed by atoms with Gasteiger partial charge in [-0.25, -0.2) is 0 Å². The second kappa shape index (κ2) is 12.5. The Morgan fingerprint density at radius 3 is 2.49 bits per heavy atom.